The second kappa shape index (κ2) is 5.40. The van der Waals surface area contributed by atoms with Gasteiger partial charge in [-0.15, -0.1) is 6.58 Å². The fraction of sp³-hybridized carbons (Fsp3) is 0.818. The molecule has 1 aliphatic carbocycles. The van der Waals surface area contributed by atoms with E-state index in [1.807, 2.05) is 6.08 Å². The molecule has 0 bridgehead atoms. The van der Waals surface area contributed by atoms with Crippen molar-refractivity contribution in [3.63, 3.8) is 0 Å². The molecule has 76 valence electrons. The largest absolute Gasteiger partial charge is 0.390 e. The van der Waals surface area contributed by atoms with Gasteiger partial charge < -0.3 is 9.84 Å². The van der Waals surface area contributed by atoms with Gasteiger partial charge in [0.2, 0.25) is 0 Å². The first-order valence-electron chi connectivity index (χ1n) is 5.20. The maximum absolute atomic E-state index is 9.65. The molecule has 0 radical (unpaired) electrons. The van der Waals surface area contributed by atoms with Crippen LogP contribution in [0, 0.1) is 5.92 Å². The Kier molecular flexibility index (Phi) is 4.46. The van der Waals surface area contributed by atoms with Crippen LogP contribution in [-0.2, 0) is 4.74 Å². The summed E-state index contributed by atoms with van der Waals surface area (Å²) in [6.45, 7) is 6.63. The van der Waals surface area contributed by atoms with Crippen LogP contribution in [0.2, 0.25) is 0 Å². The van der Waals surface area contributed by atoms with Gasteiger partial charge in [-0.1, -0.05) is 13.0 Å². The highest BCUT2D eigenvalue weighted by atomic mass is 16.5. The van der Waals surface area contributed by atoms with E-state index in [4.69, 9.17) is 4.74 Å². The van der Waals surface area contributed by atoms with Crippen molar-refractivity contribution < 1.29 is 9.84 Å². The van der Waals surface area contributed by atoms with E-state index in [1.165, 1.54) is 0 Å². The predicted molar refractivity (Wildman–Crippen MR) is 53.6 cm³/mol. The number of rotatable bonds is 4. The van der Waals surface area contributed by atoms with Gasteiger partial charge in [0.15, 0.2) is 0 Å². The molecule has 1 aliphatic rings. The lowest BCUT2D eigenvalue weighted by Crippen LogP contribution is -2.35. The number of aliphatic hydroxyl groups is 1. The summed E-state index contributed by atoms with van der Waals surface area (Å²) in [4.78, 5) is 0. The van der Waals surface area contributed by atoms with Crippen LogP contribution < -0.4 is 0 Å². The summed E-state index contributed by atoms with van der Waals surface area (Å²) in [5, 5.41) is 9.65. The fourth-order valence-electron chi connectivity index (χ4n) is 1.81. The zero-order chi connectivity index (χ0) is 9.68. The Morgan fingerprint density at radius 1 is 1.54 bits per heavy atom. The molecule has 0 amide bonds. The molecule has 0 saturated heterocycles. The first-order valence-corrected chi connectivity index (χ1v) is 5.20. The van der Waals surface area contributed by atoms with Crippen molar-refractivity contribution in [2.75, 3.05) is 6.61 Å². The van der Waals surface area contributed by atoms with Crippen LogP contribution in [0.4, 0.5) is 0 Å². The minimum Gasteiger partial charge on any atom is -0.390 e. The van der Waals surface area contributed by atoms with Crippen molar-refractivity contribution >= 4 is 0 Å². The highest BCUT2D eigenvalue weighted by Gasteiger charge is 2.27. The third-order valence-electron chi connectivity index (χ3n) is 2.67. The molecule has 0 aromatic rings. The van der Waals surface area contributed by atoms with Crippen LogP contribution in [-0.4, -0.2) is 23.9 Å². The Bertz CT molecular complexity index is 156. The molecule has 0 heterocycles. The molecule has 0 aromatic carbocycles. The van der Waals surface area contributed by atoms with Crippen molar-refractivity contribution in [1.82, 2.24) is 0 Å². The van der Waals surface area contributed by atoms with E-state index in [1.54, 1.807) is 0 Å². The average Bonchev–Trinajstić information content (AvgIpc) is 2.17. The second-order valence-electron chi connectivity index (χ2n) is 3.79. The zero-order valence-corrected chi connectivity index (χ0v) is 8.41. The van der Waals surface area contributed by atoms with Crippen LogP contribution in [0.5, 0.6) is 0 Å². The molecule has 2 nitrogen and oxygen atoms in total. The molecule has 1 fully saturated rings. The van der Waals surface area contributed by atoms with Gasteiger partial charge in [0.05, 0.1) is 12.2 Å². The van der Waals surface area contributed by atoms with Gasteiger partial charge in [-0.3, -0.25) is 0 Å². The summed E-state index contributed by atoms with van der Waals surface area (Å²) >= 11 is 0. The third-order valence-corrected chi connectivity index (χ3v) is 2.67. The highest BCUT2D eigenvalue weighted by molar-refractivity contribution is 4.88. The van der Waals surface area contributed by atoms with Gasteiger partial charge in [0.25, 0.3) is 0 Å². The van der Waals surface area contributed by atoms with Crippen molar-refractivity contribution in [3.05, 3.63) is 12.7 Å². The number of aliphatic hydroxyl groups excluding tert-OH is 1. The van der Waals surface area contributed by atoms with E-state index >= 15 is 0 Å². The topological polar surface area (TPSA) is 29.5 Å². The van der Waals surface area contributed by atoms with E-state index in [-0.39, 0.29) is 12.2 Å². The summed E-state index contributed by atoms with van der Waals surface area (Å²) < 4.78 is 5.58. The molecule has 0 aliphatic heterocycles. The molecule has 1 saturated carbocycles. The normalized spacial score (nSPS) is 34.5. The molecule has 0 spiro atoms. The number of hydrogen-bond acceptors (Lipinski definition) is 2. The summed E-state index contributed by atoms with van der Waals surface area (Å²) in [5.41, 5.74) is 0. The van der Waals surface area contributed by atoms with Crippen molar-refractivity contribution in [2.45, 2.75) is 44.8 Å². The van der Waals surface area contributed by atoms with Gasteiger partial charge in [-0.05, 0) is 31.6 Å². The van der Waals surface area contributed by atoms with Gasteiger partial charge in [0.1, 0.15) is 0 Å². The minimum absolute atomic E-state index is 0.0386. The number of hydrogen-bond donors (Lipinski definition) is 1. The average molecular weight is 184 g/mol. The molecular weight excluding hydrogens is 164 g/mol. The van der Waals surface area contributed by atoms with Gasteiger partial charge in [-0.25, -0.2) is 0 Å². The van der Waals surface area contributed by atoms with E-state index in [9.17, 15) is 5.11 Å². The lowest BCUT2D eigenvalue weighted by Gasteiger charge is -2.31. The molecule has 3 atom stereocenters. The number of allylic oxidation sites excluding steroid dienone is 1. The van der Waals surface area contributed by atoms with Crippen molar-refractivity contribution in [3.8, 4) is 0 Å². The molecular formula is C11H20O2. The quantitative estimate of drug-likeness (QED) is 0.678. The van der Waals surface area contributed by atoms with Crippen LogP contribution in [0.1, 0.15) is 32.6 Å². The van der Waals surface area contributed by atoms with Crippen LogP contribution in [0.25, 0.3) is 0 Å². The molecule has 13 heavy (non-hydrogen) atoms. The van der Waals surface area contributed by atoms with Crippen LogP contribution >= 0.6 is 0 Å². The summed E-state index contributed by atoms with van der Waals surface area (Å²) in [5.74, 6) is 0.533. The lowest BCUT2D eigenvalue weighted by molar-refractivity contribution is -0.0661. The van der Waals surface area contributed by atoms with Crippen molar-refractivity contribution in [2.24, 2.45) is 5.92 Å². The zero-order valence-electron chi connectivity index (χ0n) is 8.41. The standard InChI is InChI=1S/C11H20O2/c1-3-7-13-11-8-9(4-2)5-6-10(11)12/h4,9-12H,2-3,5-8H2,1H3/t9-,10-,11+/m1/s1. The molecule has 1 N–H and O–H groups in total. The first-order chi connectivity index (χ1) is 6.27. The Balaban J connectivity index is 2.35. The SMILES string of the molecule is C=C[C@@H]1CC[C@@H](O)[C@@H](OCCC)C1. The Morgan fingerprint density at radius 3 is 2.92 bits per heavy atom. The Labute approximate surface area is 80.6 Å². The van der Waals surface area contributed by atoms with Gasteiger partial charge >= 0.3 is 0 Å². The van der Waals surface area contributed by atoms with Crippen LogP contribution in [0.3, 0.4) is 0 Å². The summed E-state index contributed by atoms with van der Waals surface area (Å²) in [7, 11) is 0. The van der Waals surface area contributed by atoms with Gasteiger partial charge in [-0.2, -0.15) is 0 Å². The molecule has 2 heteroatoms. The molecule has 0 aromatic heterocycles. The maximum Gasteiger partial charge on any atom is 0.0839 e. The van der Waals surface area contributed by atoms with E-state index in [0.717, 1.165) is 32.3 Å². The third kappa shape index (κ3) is 3.12. The predicted octanol–water partition coefficient (Wildman–Crippen LogP) is 2.13. The smallest absolute Gasteiger partial charge is 0.0839 e. The number of ether oxygens (including phenoxy) is 1. The van der Waals surface area contributed by atoms with E-state index in [0.29, 0.717) is 5.92 Å². The second-order valence-corrected chi connectivity index (χ2v) is 3.79. The monoisotopic (exact) mass is 184 g/mol. The first kappa shape index (κ1) is 10.7. The molecule has 1 rings (SSSR count). The Morgan fingerprint density at radius 2 is 2.31 bits per heavy atom. The van der Waals surface area contributed by atoms with E-state index in [2.05, 4.69) is 13.5 Å². The fourth-order valence-corrected chi connectivity index (χ4v) is 1.81. The van der Waals surface area contributed by atoms with E-state index < -0.39 is 0 Å². The maximum atomic E-state index is 9.65. The lowest BCUT2D eigenvalue weighted by atomic mass is 9.85. The van der Waals surface area contributed by atoms with Gasteiger partial charge in [0, 0.05) is 6.61 Å². The molecule has 0 unspecified atom stereocenters. The van der Waals surface area contributed by atoms with Crippen molar-refractivity contribution in [1.29, 1.82) is 0 Å². The summed E-state index contributed by atoms with van der Waals surface area (Å²) in [6.07, 6.45) is 5.61. The minimum atomic E-state index is -0.261. The Hall–Kier alpha value is -0.340. The highest BCUT2D eigenvalue weighted by Crippen LogP contribution is 2.27. The van der Waals surface area contributed by atoms with Crippen LogP contribution in [0.15, 0.2) is 12.7 Å². The summed E-state index contributed by atoms with van der Waals surface area (Å²) in [6, 6.07) is 0.